The Kier molecular flexibility index (Phi) is 5.62. The number of hydrogen-bond donors (Lipinski definition) is 2. The zero-order valence-electron chi connectivity index (χ0n) is 10.6. The number of rotatable bonds is 7. The monoisotopic (exact) mass is 315 g/mol. The van der Waals surface area contributed by atoms with Gasteiger partial charge in [0.05, 0.1) is 0 Å². The van der Waals surface area contributed by atoms with Gasteiger partial charge in [-0.2, -0.15) is 0 Å². The van der Waals surface area contributed by atoms with Crippen LogP contribution in [-0.4, -0.2) is 29.8 Å². The summed E-state index contributed by atoms with van der Waals surface area (Å²) in [5, 5.41) is 12.1. The fourth-order valence-electron chi connectivity index (χ4n) is 1.38. The quantitative estimate of drug-likeness (QED) is 0.759. The first-order valence-electron chi connectivity index (χ1n) is 5.85. The van der Waals surface area contributed by atoms with E-state index in [0.717, 1.165) is 10.2 Å². The second-order valence-electron chi connectivity index (χ2n) is 4.22. The third kappa shape index (κ3) is 4.31. The number of nitrogens with one attached hydrogen (secondary N) is 1. The molecule has 0 saturated heterocycles. The standard InChI is InChI=1S/C13H18BrNO3/c1-3-13(2,12(16)17)15-8-9-18-11-6-4-10(14)5-7-11/h4-7,15H,3,8-9H2,1-2H3,(H,16,17). The number of ether oxygens (including phenoxy) is 1. The normalized spacial score (nSPS) is 13.9. The Balaban J connectivity index is 2.34. The number of carboxylic acid groups (broad SMARTS) is 1. The molecule has 0 amide bonds. The summed E-state index contributed by atoms with van der Waals surface area (Å²) in [5.74, 6) is -0.0674. The van der Waals surface area contributed by atoms with Gasteiger partial charge in [0.15, 0.2) is 0 Å². The van der Waals surface area contributed by atoms with Gasteiger partial charge in [-0.05, 0) is 37.6 Å². The highest BCUT2D eigenvalue weighted by Gasteiger charge is 2.29. The van der Waals surface area contributed by atoms with Crippen LogP contribution in [0.2, 0.25) is 0 Å². The largest absolute Gasteiger partial charge is 0.492 e. The van der Waals surface area contributed by atoms with Gasteiger partial charge in [-0.1, -0.05) is 22.9 Å². The molecule has 0 fully saturated rings. The molecule has 1 unspecified atom stereocenters. The SMILES string of the molecule is CCC(C)(NCCOc1ccc(Br)cc1)C(=O)O. The maximum absolute atomic E-state index is 11.0. The fraction of sp³-hybridized carbons (Fsp3) is 0.462. The topological polar surface area (TPSA) is 58.6 Å². The lowest BCUT2D eigenvalue weighted by Gasteiger charge is -2.24. The van der Waals surface area contributed by atoms with E-state index in [1.807, 2.05) is 31.2 Å². The van der Waals surface area contributed by atoms with Crippen molar-refractivity contribution in [1.82, 2.24) is 5.32 Å². The van der Waals surface area contributed by atoms with Gasteiger partial charge >= 0.3 is 5.97 Å². The van der Waals surface area contributed by atoms with Crippen molar-refractivity contribution in [3.8, 4) is 5.75 Å². The molecule has 4 nitrogen and oxygen atoms in total. The van der Waals surface area contributed by atoms with E-state index in [0.29, 0.717) is 19.6 Å². The second kappa shape index (κ2) is 6.75. The molecule has 0 aliphatic rings. The summed E-state index contributed by atoms with van der Waals surface area (Å²) in [6.45, 7) is 4.45. The zero-order chi connectivity index (χ0) is 13.6. The van der Waals surface area contributed by atoms with Crippen LogP contribution in [0.5, 0.6) is 5.75 Å². The van der Waals surface area contributed by atoms with Crippen molar-refractivity contribution in [2.75, 3.05) is 13.2 Å². The Morgan fingerprint density at radius 3 is 2.56 bits per heavy atom. The Morgan fingerprint density at radius 2 is 2.06 bits per heavy atom. The lowest BCUT2D eigenvalue weighted by atomic mass is 9.99. The van der Waals surface area contributed by atoms with Gasteiger partial charge in [0.25, 0.3) is 0 Å². The van der Waals surface area contributed by atoms with Gasteiger partial charge in [0, 0.05) is 11.0 Å². The van der Waals surface area contributed by atoms with E-state index in [1.165, 1.54) is 0 Å². The summed E-state index contributed by atoms with van der Waals surface area (Å²) in [7, 11) is 0. The third-order valence-corrected chi connectivity index (χ3v) is 3.41. The van der Waals surface area contributed by atoms with Crippen LogP contribution in [0.1, 0.15) is 20.3 Å². The minimum atomic E-state index is -0.886. The first-order valence-corrected chi connectivity index (χ1v) is 6.64. The molecule has 1 rings (SSSR count). The number of aliphatic carboxylic acids is 1. The molecule has 1 atom stereocenters. The summed E-state index contributed by atoms with van der Waals surface area (Å²) in [6.07, 6.45) is 0.528. The molecule has 0 saturated carbocycles. The zero-order valence-corrected chi connectivity index (χ0v) is 12.2. The number of halogens is 1. The first kappa shape index (κ1) is 15.0. The van der Waals surface area contributed by atoms with Crippen LogP contribution in [0, 0.1) is 0 Å². The van der Waals surface area contributed by atoms with Gasteiger partial charge < -0.3 is 9.84 Å². The van der Waals surface area contributed by atoms with Crippen LogP contribution in [-0.2, 0) is 4.79 Å². The number of hydrogen-bond acceptors (Lipinski definition) is 3. The average molecular weight is 316 g/mol. The van der Waals surface area contributed by atoms with Crippen LogP contribution >= 0.6 is 15.9 Å². The lowest BCUT2D eigenvalue weighted by Crippen LogP contribution is -2.50. The van der Waals surface area contributed by atoms with E-state index >= 15 is 0 Å². The van der Waals surface area contributed by atoms with Crippen molar-refractivity contribution in [2.45, 2.75) is 25.8 Å². The molecule has 0 aliphatic heterocycles. The van der Waals surface area contributed by atoms with E-state index in [2.05, 4.69) is 21.2 Å². The molecule has 0 heterocycles. The minimum Gasteiger partial charge on any atom is -0.492 e. The maximum atomic E-state index is 11.0. The van der Waals surface area contributed by atoms with Crippen LogP contribution in [0.15, 0.2) is 28.7 Å². The number of carboxylic acids is 1. The predicted molar refractivity (Wildman–Crippen MR) is 74.0 cm³/mol. The summed E-state index contributed by atoms with van der Waals surface area (Å²) >= 11 is 3.35. The highest BCUT2D eigenvalue weighted by Crippen LogP contribution is 2.16. The maximum Gasteiger partial charge on any atom is 0.323 e. The fourth-order valence-corrected chi connectivity index (χ4v) is 1.64. The molecule has 100 valence electrons. The summed E-state index contributed by atoms with van der Waals surface area (Å²) < 4.78 is 6.50. The van der Waals surface area contributed by atoms with E-state index in [9.17, 15) is 4.79 Å². The van der Waals surface area contributed by atoms with Crippen LogP contribution in [0.25, 0.3) is 0 Å². The van der Waals surface area contributed by atoms with Crippen molar-refractivity contribution in [1.29, 1.82) is 0 Å². The Hall–Kier alpha value is -1.07. The second-order valence-corrected chi connectivity index (χ2v) is 5.14. The Labute approximate surface area is 115 Å². The molecule has 1 aromatic rings. The Morgan fingerprint density at radius 1 is 1.44 bits per heavy atom. The van der Waals surface area contributed by atoms with Crippen molar-refractivity contribution in [3.05, 3.63) is 28.7 Å². The molecular formula is C13H18BrNO3. The molecule has 18 heavy (non-hydrogen) atoms. The highest BCUT2D eigenvalue weighted by atomic mass is 79.9. The molecule has 0 aliphatic carbocycles. The average Bonchev–Trinajstić information content (AvgIpc) is 2.36. The van der Waals surface area contributed by atoms with Crippen molar-refractivity contribution >= 4 is 21.9 Å². The predicted octanol–water partition coefficient (Wildman–Crippen LogP) is 2.67. The molecule has 0 bridgehead atoms. The Bertz CT molecular complexity index is 394. The van der Waals surface area contributed by atoms with Crippen molar-refractivity contribution in [2.24, 2.45) is 0 Å². The van der Waals surface area contributed by atoms with E-state index in [4.69, 9.17) is 9.84 Å². The van der Waals surface area contributed by atoms with Gasteiger partial charge in [0.1, 0.15) is 17.9 Å². The third-order valence-electron chi connectivity index (χ3n) is 2.88. The molecule has 0 spiro atoms. The van der Waals surface area contributed by atoms with E-state index in [1.54, 1.807) is 6.92 Å². The highest BCUT2D eigenvalue weighted by molar-refractivity contribution is 9.10. The molecular weight excluding hydrogens is 298 g/mol. The van der Waals surface area contributed by atoms with E-state index < -0.39 is 11.5 Å². The number of benzene rings is 1. The molecule has 2 N–H and O–H groups in total. The van der Waals surface area contributed by atoms with Crippen LogP contribution in [0.4, 0.5) is 0 Å². The molecule has 0 aromatic heterocycles. The first-order chi connectivity index (χ1) is 8.48. The lowest BCUT2D eigenvalue weighted by molar-refractivity contribution is -0.144. The van der Waals surface area contributed by atoms with Gasteiger partial charge in [0.2, 0.25) is 0 Å². The molecule has 1 aromatic carbocycles. The molecule has 5 heteroatoms. The van der Waals surface area contributed by atoms with Crippen molar-refractivity contribution in [3.63, 3.8) is 0 Å². The summed E-state index contributed by atoms with van der Waals surface area (Å²) in [4.78, 5) is 11.0. The van der Waals surface area contributed by atoms with Crippen molar-refractivity contribution < 1.29 is 14.6 Å². The summed E-state index contributed by atoms with van der Waals surface area (Å²) in [5.41, 5.74) is -0.886. The van der Waals surface area contributed by atoms with Gasteiger partial charge in [-0.3, -0.25) is 10.1 Å². The number of carbonyl (C=O) groups is 1. The smallest absolute Gasteiger partial charge is 0.323 e. The van der Waals surface area contributed by atoms with Crippen LogP contribution < -0.4 is 10.1 Å². The van der Waals surface area contributed by atoms with Crippen LogP contribution in [0.3, 0.4) is 0 Å². The van der Waals surface area contributed by atoms with E-state index in [-0.39, 0.29) is 0 Å². The van der Waals surface area contributed by atoms with Gasteiger partial charge in [-0.15, -0.1) is 0 Å². The summed E-state index contributed by atoms with van der Waals surface area (Å²) in [6, 6.07) is 7.52. The minimum absolute atomic E-state index is 0.435. The molecule has 0 radical (unpaired) electrons. The van der Waals surface area contributed by atoms with Gasteiger partial charge in [-0.25, -0.2) is 0 Å².